The molecule has 5 heteroatoms. The zero-order valence-corrected chi connectivity index (χ0v) is 10.0. The fourth-order valence-electron chi connectivity index (χ4n) is 1.80. The maximum absolute atomic E-state index is 12.0. The van der Waals surface area contributed by atoms with Crippen molar-refractivity contribution < 1.29 is 9.42 Å². The maximum Gasteiger partial charge on any atom is 0.251 e. The molecular weight excluding hydrogens is 242 g/mol. The second kappa shape index (κ2) is 4.89. The van der Waals surface area contributed by atoms with Crippen molar-refractivity contribution in [3.63, 3.8) is 0 Å². The van der Waals surface area contributed by atoms with Crippen molar-refractivity contribution in [1.29, 1.82) is 0 Å². The number of fused-ring (bicyclic) bond motifs is 1. The lowest BCUT2D eigenvalue weighted by molar-refractivity contribution is 0.0951. The number of aromatic nitrogens is 2. The van der Waals surface area contributed by atoms with E-state index in [2.05, 4.69) is 20.3 Å². The number of amides is 1. The summed E-state index contributed by atoms with van der Waals surface area (Å²) >= 11 is 0. The molecule has 0 fully saturated rings. The molecule has 1 amide bonds. The van der Waals surface area contributed by atoms with Crippen molar-refractivity contribution in [2.24, 2.45) is 0 Å². The van der Waals surface area contributed by atoms with Crippen molar-refractivity contribution in [2.75, 3.05) is 0 Å². The highest BCUT2D eigenvalue weighted by Gasteiger charge is 2.08. The van der Waals surface area contributed by atoms with Crippen molar-refractivity contribution in [3.8, 4) is 0 Å². The molecule has 0 saturated heterocycles. The normalized spacial score (nSPS) is 10.5. The summed E-state index contributed by atoms with van der Waals surface area (Å²) in [5.41, 5.74) is 2.81. The Balaban J connectivity index is 1.73. The molecule has 5 nitrogen and oxygen atoms in total. The fraction of sp³-hybridized carbons (Fsp3) is 0.0714. The Kier molecular flexibility index (Phi) is 2.94. The number of carbonyl (C=O) groups is 1. The third kappa shape index (κ3) is 2.44. The lowest BCUT2D eigenvalue weighted by atomic mass is 10.1. The lowest BCUT2D eigenvalue weighted by Gasteiger charge is -2.04. The molecule has 0 aliphatic rings. The minimum atomic E-state index is -0.145. The van der Waals surface area contributed by atoms with Crippen LogP contribution in [-0.4, -0.2) is 16.2 Å². The molecule has 0 bridgehead atoms. The Morgan fingerprint density at radius 1 is 1.05 bits per heavy atom. The molecule has 0 spiro atoms. The number of nitrogens with one attached hydrogen (secondary N) is 1. The molecule has 0 saturated carbocycles. The predicted molar refractivity (Wildman–Crippen MR) is 69.4 cm³/mol. The van der Waals surface area contributed by atoms with Gasteiger partial charge in [-0.05, 0) is 34.1 Å². The Hall–Kier alpha value is -2.69. The maximum atomic E-state index is 12.0. The van der Waals surface area contributed by atoms with Gasteiger partial charge in [0.1, 0.15) is 11.0 Å². The molecule has 0 aliphatic heterocycles. The van der Waals surface area contributed by atoms with E-state index in [1.54, 1.807) is 18.2 Å². The summed E-state index contributed by atoms with van der Waals surface area (Å²) in [4.78, 5) is 12.0. The zero-order valence-electron chi connectivity index (χ0n) is 10.0. The van der Waals surface area contributed by atoms with Crippen LogP contribution in [0.3, 0.4) is 0 Å². The van der Waals surface area contributed by atoms with E-state index >= 15 is 0 Å². The summed E-state index contributed by atoms with van der Waals surface area (Å²) in [6, 6.07) is 14.8. The molecule has 0 aliphatic carbocycles. The number of rotatable bonds is 3. The van der Waals surface area contributed by atoms with Crippen LogP contribution in [-0.2, 0) is 6.54 Å². The van der Waals surface area contributed by atoms with E-state index in [-0.39, 0.29) is 5.91 Å². The first kappa shape index (κ1) is 11.4. The molecule has 0 unspecified atom stereocenters. The van der Waals surface area contributed by atoms with Crippen molar-refractivity contribution in [1.82, 2.24) is 15.6 Å². The number of benzene rings is 2. The molecule has 94 valence electrons. The van der Waals surface area contributed by atoms with Crippen molar-refractivity contribution in [3.05, 3.63) is 59.7 Å². The first-order valence-electron chi connectivity index (χ1n) is 5.87. The van der Waals surface area contributed by atoms with Gasteiger partial charge < -0.3 is 5.32 Å². The van der Waals surface area contributed by atoms with Crippen LogP contribution < -0.4 is 5.32 Å². The number of nitrogens with zero attached hydrogens (tertiary/aromatic N) is 2. The average molecular weight is 253 g/mol. The van der Waals surface area contributed by atoms with E-state index in [0.29, 0.717) is 23.1 Å². The SMILES string of the molecule is O=C(NCc1ccccc1)c1ccc2nonc2c1. The van der Waals surface area contributed by atoms with Crippen LogP contribution in [0.1, 0.15) is 15.9 Å². The first-order chi connectivity index (χ1) is 9.33. The minimum Gasteiger partial charge on any atom is -0.348 e. The molecule has 3 rings (SSSR count). The van der Waals surface area contributed by atoms with Gasteiger partial charge in [0, 0.05) is 12.1 Å². The standard InChI is InChI=1S/C14H11N3O2/c18-14(15-9-10-4-2-1-3-5-10)11-6-7-12-13(8-11)17-19-16-12/h1-8H,9H2,(H,15,18). The van der Waals surface area contributed by atoms with Gasteiger partial charge in [-0.15, -0.1) is 0 Å². The molecule has 19 heavy (non-hydrogen) atoms. The van der Waals surface area contributed by atoms with Gasteiger partial charge in [-0.3, -0.25) is 4.79 Å². The van der Waals surface area contributed by atoms with E-state index in [1.807, 2.05) is 30.3 Å². The van der Waals surface area contributed by atoms with E-state index in [1.165, 1.54) is 0 Å². The van der Waals surface area contributed by atoms with E-state index in [4.69, 9.17) is 0 Å². The lowest BCUT2D eigenvalue weighted by Crippen LogP contribution is -2.22. The molecule has 1 aromatic heterocycles. The fourth-order valence-corrected chi connectivity index (χ4v) is 1.80. The number of hydrogen-bond acceptors (Lipinski definition) is 4. The van der Waals surface area contributed by atoms with Gasteiger partial charge in [0.15, 0.2) is 0 Å². The Bertz CT molecular complexity index is 707. The largest absolute Gasteiger partial charge is 0.348 e. The van der Waals surface area contributed by atoms with Gasteiger partial charge in [0.05, 0.1) is 0 Å². The highest BCUT2D eigenvalue weighted by atomic mass is 16.6. The second-order valence-corrected chi connectivity index (χ2v) is 4.14. The molecule has 2 aromatic carbocycles. The third-order valence-corrected chi connectivity index (χ3v) is 2.81. The highest BCUT2D eigenvalue weighted by molar-refractivity contribution is 5.97. The monoisotopic (exact) mass is 253 g/mol. The van der Waals surface area contributed by atoms with E-state index in [0.717, 1.165) is 5.56 Å². The van der Waals surface area contributed by atoms with Gasteiger partial charge in [0.2, 0.25) is 0 Å². The van der Waals surface area contributed by atoms with Crippen LogP contribution in [0.5, 0.6) is 0 Å². The Morgan fingerprint density at radius 2 is 1.84 bits per heavy atom. The van der Waals surface area contributed by atoms with Crippen LogP contribution in [0.15, 0.2) is 53.2 Å². The van der Waals surface area contributed by atoms with Crippen LogP contribution in [0, 0.1) is 0 Å². The summed E-state index contributed by atoms with van der Waals surface area (Å²) < 4.78 is 4.60. The molecule has 1 heterocycles. The topological polar surface area (TPSA) is 68.0 Å². The highest BCUT2D eigenvalue weighted by Crippen LogP contribution is 2.11. The van der Waals surface area contributed by atoms with Crippen LogP contribution in [0.25, 0.3) is 11.0 Å². The predicted octanol–water partition coefficient (Wildman–Crippen LogP) is 2.15. The van der Waals surface area contributed by atoms with Gasteiger partial charge in [-0.25, -0.2) is 4.63 Å². The van der Waals surface area contributed by atoms with Gasteiger partial charge in [0.25, 0.3) is 5.91 Å². The summed E-state index contributed by atoms with van der Waals surface area (Å²) in [6.07, 6.45) is 0. The van der Waals surface area contributed by atoms with Gasteiger partial charge in [-0.2, -0.15) is 0 Å². The van der Waals surface area contributed by atoms with Crippen molar-refractivity contribution >= 4 is 16.9 Å². The number of hydrogen-bond donors (Lipinski definition) is 1. The summed E-state index contributed by atoms with van der Waals surface area (Å²) in [5, 5.41) is 10.3. The number of carbonyl (C=O) groups excluding carboxylic acids is 1. The summed E-state index contributed by atoms with van der Waals surface area (Å²) in [6.45, 7) is 0.495. The Labute approximate surface area is 109 Å². The van der Waals surface area contributed by atoms with Gasteiger partial charge >= 0.3 is 0 Å². The van der Waals surface area contributed by atoms with E-state index in [9.17, 15) is 4.79 Å². The summed E-state index contributed by atoms with van der Waals surface area (Å²) in [7, 11) is 0. The quantitative estimate of drug-likeness (QED) is 0.776. The third-order valence-electron chi connectivity index (χ3n) is 2.81. The first-order valence-corrected chi connectivity index (χ1v) is 5.87. The van der Waals surface area contributed by atoms with Crippen LogP contribution >= 0.6 is 0 Å². The van der Waals surface area contributed by atoms with Crippen LogP contribution in [0.4, 0.5) is 0 Å². The molecule has 0 atom stereocenters. The Morgan fingerprint density at radius 3 is 2.68 bits per heavy atom. The van der Waals surface area contributed by atoms with Crippen molar-refractivity contribution in [2.45, 2.75) is 6.54 Å². The summed E-state index contributed by atoms with van der Waals surface area (Å²) in [5.74, 6) is -0.145. The minimum absolute atomic E-state index is 0.145. The molecule has 3 aromatic rings. The van der Waals surface area contributed by atoms with Gasteiger partial charge in [-0.1, -0.05) is 30.3 Å². The average Bonchev–Trinajstić information content (AvgIpc) is 2.93. The second-order valence-electron chi connectivity index (χ2n) is 4.14. The molecule has 1 N–H and O–H groups in total. The smallest absolute Gasteiger partial charge is 0.251 e. The molecule has 0 radical (unpaired) electrons. The van der Waals surface area contributed by atoms with E-state index < -0.39 is 0 Å². The molecular formula is C14H11N3O2. The van der Waals surface area contributed by atoms with Crippen LogP contribution in [0.2, 0.25) is 0 Å². The zero-order chi connectivity index (χ0) is 13.1.